The van der Waals surface area contributed by atoms with E-state index in [0.717, 1.165) is 51.1 Å². The quantitative estimate of drug-likeness (QED) is 0.900. The molecule has 1 amide bonds. The Morgan fingerprint density at radius 1 is 1.22 bits per heavy atom. The molecule has 0 radical (unpaired) electrons. The summed E-state index contributed by atoms with van der Waals surface area (Å²) in [5.74, 6) is 0.931. The maximum atomic E-state index is 13.1. The Balaban J connectivity index is 1.40. The largest absolute Gasteiger partial charge is 0.341 e. The van der Waals surface area contributed by atoms with Crippen LogP contribution >= 0.6 is 0 Å². The van der Waals surface area contributed by atoms with Crippen molar-refractivity contribution in [2.45, 2.75) is 38.6 Å². The minimum Gasteiger partial charge on any atom is -0.341 e. The van der Waals surface area contributed by atoms with Crippen molar-refractivity contribution in [3.8, 4) is 0 Å². The number of carbonyl (C=O) groups excluding carboxylic acids is 1. The predicted molar refractivity (Wildman–Crippen MR) is 104 cm³/mol. The first-order valence-electron chi connectivity index (χ1n) is 9.76. The van der Waals surface area contributed by atoms with Crippen LogP contribution in [-0.2, 0) is 17.8 Å². The van der Waals surface area contributed by atoms with Crippen LogP contribution in [0.25, 0.3) is 0 Å². The van der Waals surface area contributed by atoms with Crippen LogP contribution in [0.1, 0.15) is 41.4 Å². The number of fused-ring (bicyclic) bond motifs is 1. The van der Waals surface area contributed by atoms with Gasteiger partial charge in [0.25, 0.3) is 5.56 Å². The Morgan fingerprint density at radius 3 is 2.93 bits per heavy atom. The number of aromatic amines is 1. The highest BCUT2D eigenvalue weighted by atomic mass is 16.2. The number of H-pyrrole nitrogens is 1. The molecule has 1 aliphatic heterocycles. The number of nitrogens with one attached hydrogen (secondary N) is 1. The zero-order chi connectivity index (χ0) is 18.8. The number of hydrogen-bond donors (Lipinski definition) is 1. The molecule has 0 bridgehead atoms. The summed E-state index contributed by atoms with van der Waals surface area (Å²) in [4.78, 5) is 36.2. The fraction of sp³-hybridized carbons (Fsp3) is 0.476. The van der Waals surface area contributed by atoms with Crippen molar-refractivity contribution >= 4 is 5.91 Å². The van der Waals surface area contributed by atoms with Crippen LogP contribution in [0, 0.1) is 6.92 Å². The van der Waals surface area contributed by atoms with Crippen molar-refractivity contribution in [3.05, 3.63) is 63.3 Å². The average molecular weight is 366 g/mol. The highest BCUT2D eigenvalue weighted by Crippen LogP contribution is 2.34. The van der Waals surface area contributed by atoms with Crippen molar-refractivity contribution in [2.75, 3.05) is 26.2 Å². The number of amides is 1. The topological polar surface area (TPSA) is 69.3 Å². The molecule has 1 unspecified atom stereocenters. The first-order valence-corrected chi connectivity index (χ1v) is 9.76. The summed E-state index contributed by atoms with van der Waals surface area (Å²) in [6, 6.07) is 9.90. The van der Waals surface area contributed by atoms with E-state index < -0.39 is 0 Å². The summed E-state index contributed by atoms with van der Waals surface area (Å²) in [6.45, 7) is 5.72. The maximum Gasteiger partial charge on any atom is 0.251 e. The smallest absolute Gasteiger partial charge is 0.251 e. The summed E-state index contributed by atoms with van der Waals surface area (Å²) in [5, 5.41) is 0. The van der Waals surface area contributed by atoms with E-state index in [1.807, 2.05) is 11.0 Å². The normalized spacial score (nSPS) is 20.3. The molecule has 4 rings (SSSR count). The Morgan fingerprint density at radius 2 is 2.07 bits per heavy atom. The summed E-state index contributed by atoms with van der Waals surface area (Å²) >= 11 is 0. The molecule has 1 aromatic heterocycles. The van der Waals surface area contributed by atoms with Gasteiger partial charge in [-0.2, -0.15) is 0 Å². The van der Waals surface area contributed by atoms with Crippen molar-refractivity contribution in [2.24, 2.45) is 0 Å². The van der Waals surface area contributed by atoms with Gasteiger partial charge < -0.3 is 9.88 Å². The molecule has 6 nitrogen and oxygen atoms in total. The minimum absolute atomic E-state index is 0.0183. The molecule has 1 saturated heterocycles. The molecule has 1 N–H and O–H groups in total. The highest BCUT2D eigenvalue weighted by molar-refractivity contribution is 5.85. The summed E-state index contributed by atoms with van der Waals surface area (Å²) in [6.07, 6.45) is 2.87. The average Bonchev–Trinajstić information content (AvgIpc) is 2.93. The van der Waals surface area contributed by atoms with E-state index in [2.05, 4.69) is 33.1 Å². The van der Waals surface area contributed by atoms with Gasteiger partial charge in [0.2, 0.25) is 5.91 Å². The van der Waals surface area contributed by atoms with E-state index in [0.29, 0.717) is 12.4 Å². The molecule has 2 aliphatic rings. The molecular weight excluding hydrogens is 340 g/mol. The maximum absolute atomic E-state index is 13.1. The Bertz CT molecular complexity index is 892. The number of rotatable bonds is 3. The summed E-state index contributed by atoms with van der Waals surface area (Å²) < 4.78 is 0. The van der Waals surface area contributed by atoms with Gasteiger partial charge in [-0.15, -0.1) is 0 Å². The van der Waals surface area contributed by atoms with Gasteiger partial charge in [0, 0.05) is 38.8 Å². The van der Waals surface area contributed by atoms with Crippen molar-refractivity contribution < 1.29 is 4.79 Å². The van der Waals surface area contributed by atoms with Crippen LogP contribution in [0.15, 0.2) is 35.1 Å². The highest BCUT2D eigenvalue weighted by Gasteiger charge is 2.32. The number of aryl methyl sites for hydroxylation is 2. The Labute approximate surface area is 159 Å². The van der Waals surface area contributed by atoms with Gasteiger partial charge >= 0.3 is 0 Å². The molecule has 2 heterocycles. The number of carbonyl (C=O) groups is 1. The molecule has 6 heteroatoms. The van der Waals surface area contributed by atoms with E-state index in [1.54, 1.807) is 13.0 Å². The zero-order valence-corrected chi connectivity index (χ0v) is 15.8. The van der Waals surface area contributed by atoms with Gasteiger partial charge in [-0.25, -0.2) is 4.98 Å². The van der Waals surface area contributed by atoms with Gasteiger partial charge in [0.1, 0.15) is 5.82 Å². The van der Waals surface area contributed by atoms with Crippen LogP contribution in [0.3, 0.4) is 0 Å². The molecule has 142 valence electrons. The van der Waals surface area contributed by atoms with E-state index in [9.17, 15) is 9.59 Å². The van der Waals surface area contributed by atoms with E-state index >= 15 is 0 Å². The molecule has 0 saturated carbocycles. The molecule has 1 atom stereocenters. The third kappa shape index (κ3) is 3.95. The second kappa shape index (κ2) is 7.64. The molecule has 1 aromatic carbocycles. The molecule has 0 spiro atoms. The van der Waals surface area contributed by atoms with E-state index in [4.69, 9.17) is 0 Å². The molecule has 1 fully saturated rings. The van der Waals surface area contributed by atoms with Crippen molar-refractivity contribution in [1.29, 1.82) is 0 Å². The Hall–Kier alpha value is -2.47. The molecule has 27 heavy (non-hydrogen) atoms. The lowest BCUT2D eigenvalue weighted by atomic mass is 10.00. The predicted octanol–water partition coefficient (Wildman–Crippen LogP) is 1.84. The number of aromatic nitrogens is 2. The first kappa shape index (κ1) is 17.9. The van der Waals surface area contributed by atoms with Crippen LogP contribution in [0.2, 0.25) is 0 Å². The second-order valence-corrected chi connectivity index (χ2v) is 7.57. The van der Waals surface area contributed by atoms with Crippen molar-refractivity contribution in [1.82, 2.24) is 19.8 Å². The van der Waals surface area contributed by atoms with Crippen LogP contribution in [-0.4, -0.2) is 51.9 Å². The third-order valence-electron chi connectivity index (χ3n) is 5.63. The zero-order valence-electron chi connectivity index (χ0n) is 15.8. The van der Waals surface area contributed by atoms with E-state index in [-0.39, 0.29) is 17.4 Å². The summed E-state index contributed by atoms with van der Waals surface area (Å²) in [7, 11) is 0. The number of benzene rings is 1. The molecular formula is C21H26N4O2. The van der Waals surface area contributed by atoms with E-state index in [1.165, 1.54) is 11.1 Å². The van der Waals surface area contributed by atoms with Crippen LogP contribution in [0.5, 0.6) is 0 Å². The van der Waals surface area contributed by atoms with Gasteiger partial charge in [-0.3, -0.25) is 14.5 Å². The molecule has 2 aromatic rings. The van der Waals surface area contributed by atoms with Gasteiger partial charge in [0.05, 0.1) is 11.6 Å². The fourth-order valence-corrected chi connectivity index (χ4v) is 4.33. The minimum atomic E-state index is -0.107. The lowest BCUT2D eigenvalue weighted by Gasteiger charge is -2.25. The SMILES string of the molecule is Cc1nc(CN2CCCN(C(=O)C3CCc4ccccc43)CC2)cc(=O)[nH]1. The first-order chi connectivity index (χ1) is 13.1. The second-order valence-electron chi connectivity index (χ2n) is 7.57. The number of nitrogens with zero attached hydrogens (tertiary/aromatic N) is 3. The monoisotopic (exact) mass is 366 g/mol. The third-order valence-corrected chi connectivity index (χ3v) is 5.63. The van der Waals surface area contributed by atoms with Gasteiger partial charge in [-0.05, 0) is 37.3 Å². The molecule has 1 aliphatic carbocycles. The lowest BCUT2D eigenvalue weighted by Crippen LogP contribution is -2.37. The van der Waals surface area contributed by atoms with Crippen LogP contribution < -0.4 is 5.56 Å². The Kier molecular flexibility index (Phi) is 5.07. The fourth-order valence-electron chi connectivity index (χ4n) is 4.33. The van der Waals surface area contributed by atoms with Crippen molar-refractivity contribution in [3.63, 3.8) is 0 Å². The lowest BCUT2D eigenvalue weighted by molar-refractivity contribution is -0.132. The number of hydrogen-bond acceptors (Lipinski definition) is 4. The van der Waals surface area contributed by atoms with Gasteiger partial charge in [-0.1, -0.05) is 24.3 Å². The van der Waals surface area contributed by atoms with Crippen LogP contribution in [0.4, 0.5) is 0 Å². The summed E-state index contributed by atoms with van der Waals surface area (Å²) in [5.41, 5.74) is 3.22. The standard InChI is InChI=1S/C21H26N4O2/c1-15-22-17(13-20(26)23-15)14-24-9-4-10-25(12-11-24)21(27)19-8-7-16-5-2-3-6-18(16)19/h2-3,5-6,13,19H,4,7-12,14H2,1H3,(H,22,23,26). The van der Waals surface area contributed by atoms with Gasteiger partial charge in [0.15, 0.2) is 0 Å².